The van der Waals surface area contributed by atoms with E-state index in [-0.39, 0.29) is 0 Å². The third-order valence-electron chi connectivity index (χ3n) is 2.84. The van der Waals surface area contributed by atoms with Crippen LogP contribution in [0.4, 0.5) is 5.13 Å². The van der Waals surface area contributed by atoms with Crippen LogP contribution in [0.1, 0.15) is 35.1 Å². The zero-order valence-electron chi connectivity index (χ0n) is 8.86. The number of aryl methyl sites for hydroxylation is 1. The molecule has 1 aliphatic heterocycles. The smallest absolute Gasteiger partial charge is 0.347 e. The fourth-order valence-electron chi connectivity index (χ4n) is 1.82. The van der Waals surface area contributed by atoms with Gasteiger partial charge in [0, 0.05) is 12.6 Å². The lowest BCUT2D eigenvalue weighted by atomic mass is 10.0. The van der Waals surface area contributed by atoms with Crippen LogP contribution >= 0.6 is 11.3 Å². The second kappa shape index (κ2) is 3.81. The average Bonchev–Trinajstić information content (AvgIpc) is 2.46. The fourth-order valence-corrected chi connectivity index (χ4v) is 2.82. The van der Waals surface area contributed by atoms with Gasteiger partial charge in [0.15, 0.2) is 5.13 Å². The molecule has 0 saturated carbocycles. The topological polar surface area (TPSA) is 53.4 Å². The first-order valence-corrected chi connectivity index (χ1v) is 5.92. The summed E-state index contributed by atoms with van der Waals surface area (Å²) >= 11 is 1.29. The molecule has 4 nitrogen and oxygen atoms in total. The minimum atomic E-state index is -0.871. The summed E-state index contributed by atoms with van der Waals surface area (Å²) in [5.41, 5.74) is 0.629. The maximum absolute atomic E-state index is 10.9. The summed E-state index contributed by atoms with van der Waals surface area (Å²) in [6, 6.07) is 0.553. The molecule has 2 heterocycles. The fraction of sp³-hybridized carbons (Fsp3) is 0.600. The zero-order valence-corrected chi connectivity index (χ0v) is 9.67. The summed E-state index contributed by atoms with van der Waals surface area (Å²) in [7, 11) is 0. The Bertz CT molecular complexity index is 387. The Kier molecular flexibility index (Phi) is 2.65. The third-order valence-corrected chi connectivity index (χ3v) is 4.02. The van der Waals surface area contributed by atoms with E-state index >= 15 is 0 Å². The van der Waals surface area contributed by atoms with Gasteiger partial charge in [0.25, 0.3) is 0 Å². The lowest BCUT2D eigenvalue weighted by Gasteiger charge is -2.40. The average molecular weight is 226 g/mol. The molecule has 2 rings (SSSR count). The van der Waals surface area contributed by atoms with Crippen molar-refractivity contribution in [3.63, 3.8) is 0 Å². The molecule has 1 aromatic heterocycles. The monoisotopic (exact) mass is 226 g/mol. The number of aromatic carboxylic acids is 1. The summed E-state index contributed by atoms with van der Waals surface area (Å²) in [5, 5.41) is 9.79. The van der Waals surface area contributed by atoms with E-state index in [2.05, 4.69) is 16.8 Å². The van der Waals surface area contributed by atoms with E-state index in [1.807, 2.05) is 0 Å². The normalized spacial score (nSPS) is 20.1. The molecule has 15 heavy (non-hydrogen) atoms. The molecule has 1 fully saturated rings. The maximum Gasteiger partial charge on any atom is 0.347 e. The number of aromatic nitrogens is 1. The van der Waals surface area contributed by atoms with Crippen molar-refractivity contribution >= 4 is 22.4 Å². The first kappa shape index (κ1) is 10.4. The first-order valence-electron chi connectivity index (χ1n) is 5.10. The van der Waals surface area contributed by atoms with Crippen molar-refractivity contribution in [1.29, 1.82) is 0 Å². The number of hydrogen-bond donors (Lipinski definition) is 1. The highest BCUT2D eigenvalue weighted by Gasteiger charge is 2.29. The number of carboxylic acids is 1. The summed E-state index contributed by atoms with van der Waals surface area (Å²) in [5.74, 6) is -0.871. The highest BCUT2D eigenvalue weighted by atomic mass is 32.1. The molecule has 0 aromatic carbocycles. The number of carbonyl (C=O) groups is 1. The molecular formula is C10H14N2O2S. The van der Waals surface area contributed by atoms with Gasteiger partial charge < -0.3 is 10.0 Å². The van der Waals surface area contributed by atoms with Crippen LogP contribution in [0.25, 0.3) is 0 Å². The minimum absolute atomic E-state index is 0.367. The maximum atomic E-state index is 10.9. The van der Waals surface area contributed by atoms with Crippen LogP contribution < -0.4 is 4.90 Å². The number of rotatable bonds is 3. The summed E-state index contributed by atoms with van der Waals surface area (Å²) < 4.78 is 0. The molecule has 1 saturated heterocycles. The van der Waals surface area contributed by atoms with Gasteiger partial charge in [-0.05, 0) is 19.8 Å². The van der Waals surface area contributed by atoms with Crippen LogP contribution in [0.15, 0.2) is 0 Å². The number of anilines is 1. The Balaban J connectivity index is 2.23. The van der Waals surface area contributed by atoms with Gasteiger partial charge in [-0.25, -0.2) is 9.78 Å². The van der Waals surface area contributed by atoms with Crippen molar-refractivity contribution in [2.45, 2.75) is 32.7 Å². The van der Waals surface area contributed by atoms with E-state index in [9.17, 15) is 4.79 Å². The first-order chi connectivity index (χ1) is 7.13. The highest BCUT2D eigenvalue weighted by Crippen LogP contribution is 2.33. The second-order valence-electron chi connectivity index (χ2n) is 3.76. The molecule has 1 aromatic rings. The van der Waals surface area contributed by atoms with Gasteiger partial charge in [-0.3, -0.25) is 0 Å². The van der Waals surface area contributed by atoms with E-state index in [1.54, 1.807) is 6.92 Å². The molecule has 82 valence electrons. The van der Waals surface area contributed by atoms with Crippen molar-refractivity contribution < 1.29 is 9.90 Å². The number of hydrogen-bond acceptors (Lipinski definition) is 4. The molecule has 0 radical (unpaired) electrons. The lowest BCUT2D eigenvalue weighted by Crippen LogP contribution is -2.47. The van der Waals surface area contributed by atoms with Crippen molar-refractivity contribution in [3.8, 4) is 0 Å². The van der Waals surface area contributed by atoms with Crippen molar-refractivity contribution in [2.75, 3.05) is 11.4 Å². The van der Waals surface area contributed by atoms with Crippen LogP contribution in [0.5, 0.6) is 0 Å². The van der Waals surface area contributed by atoms with Gasteiger partial charge in [-0.1, -0.05) is 18.3 Å². The number of carboxylic acid groups (broad SMARTS) is 1. The summed E-state index contributed by atoms with van der Waals surface area (Å²) in [6.45, 7) is 4.91. The van der Waals surface area contributed by atoms with Crippen LogP contribution in [0.2, 0.25) is 0 Å². The van der Waals surface area contributed by atoms with Crippen LogP contribution in [-0.4, -0.2) is 28.6 Å². The Hall–Kier alpha value is -1.10. The molecule has 1 N–H and O–H groups in total. The summed E-state index contributed by atoms with van der Waals surface area (Å²) in [4.78, 5) is 17.7. The minimum Gasteiger partial charge on any atom is -0.477 e. The lowest BCUT2D eigenvalue weighted by molar-refractivity contribution is 0.0701. The van der Waals surface area contributed by atoms with Crippen molar-refractivity contribution in [1.82, 2.24) is 4.98 Å². The predicted octanol–water partition coefficient (Wildman–Crippen LogP) is 2.14. The van der Waals surface area contributed by atoms with E-state index in [0.29, 0.717) is 16.6 Å². The van der Waals surface area contributed by atoms with Gasteiger partial charge in [-0.15, -0.1) is 0 Å². The second-order valence-corrected chi connectivity index (χ2v) is 4.74. The van der Waals surface area contributed by atoms with Gasteiger partial charge in [-0.2, -0.15) is 0 Å². The molecule has 5 heteroatoms. The summed E-state index contributed by atoms with van der Waals surface area (Å²) in [6.07, 6.45) is 2.29. The van der Waals surface area contributed by atoms with Gasteiger partial charge in [0.1, 0.15) is 4.88 Å². The van der Waals surface area contributed by atoms with Crippen LogP contribution in [-0.2, 0) is 0 Å². The zero-order chi connectivity index (χ0) is 11.0. The Labute approximate surface area is 92.6 Å². The predicted molar refractivity (Wildman–Crippen MR) is 59.9 cm³/mol. The van der Waals surface area contributed by atoms with Crippen molar-refractivity contribution in [3.05, 3.63) is 10.6 Å². The van der Waals surface area contributed by atoms with E-state index in [0.717, 1.165) is 18.1 Å². The Morgan fingerprint density at radius 1 is 1.73 bits per heavy atom. The van der Waals surface area contributed by atoms with E-state index in [4.69, 9.17) is 5.11 Å². The van der Waals surface area contributed by atoms with Crippen LogP contribution in [0.3, 0.4) is 0 Å². The van der Waals surface area contributed by atoms with Gasteiger partial charge in [0.05, 0.1) is 5.69 Å². The van der Waals surface area contributed by atoms with Crippen molar-refractivity contribution in [2.24, 2.45) is 0 Å². The third kappa shape index (κ3) is 1.71. The van der Waals surface area contributed by atoms with E-state index < -0.39 is 5.97 Å². The van der Waals surface area contributed by atoms with Crippen LogP contribution in [0, 0.1) is 6.92 Å². The van der Waals surface area contributed by atoms with Gasteiger partial charge in [0.2, 0.25) is 0 Å². The highest BCUT2D eigenvalue weighted by molar-refractivity contribution is 7.17. The largest absolute Gasteiger partial charge is 0.477 e. The molecule has 0 spiro atoms. The number of nitrogens with zero attached hydrogens (tertiary/aromatic N) is 2. The molecule has 1 atom stereocenters. The Morgan fingerprint density at radius 3 is 2.87 bits per heavy atom. The molecule has 0 amide bonds. The number of thiazole rings is 1. The molecule has 0 bridgehead atoms. The van der Waals surface area contributed by atoms with Gasteiger partial charge >= 0.3 is 5.97 Å². The standard InChI is InChI=1S/C10H14N2O2S/c1-3-7-4-5-12(7)10-11-6(2)8(15-10)9(13)14/h7H,3-5H2,1-2H3,(H,13,14)/t7-/m0/s1. The quantitative estimate of drug-likeness (QED) is 0.858. The molecule has 0 aliphatic carbocycles. The molecule has 0 unspecified atom stereocenters. The SMILES string of the molecule is CC[C@H]1CCN1c1nc(C)c(C(=O)O)s1. The molecular weight excluding hydrogens is 212 g/mol. The molecule has 1 aliphatic rings. The van der Waals surface area contributed by atoms with E-state index in [1.165, 1.54) is 17.8 Å². The Morgan fingerprint density at radius 2 is 2.47 bits per heavy atom.